The number of hydrogen-bond acceptors (Lipinski definition) is 4. The van der Waals surface area contributed by atoms with Crippen LogP contribution in [-0.4, -0.2) is 45.8 Å². The molecule has 3 rings (SSSR count). The molecular formula is C23H30N4O3. The molecule has 0 aromatic heterocycles. The number of carbonyl (C=O) groups is 1. The number of amides is 1. The Hall–Kier alpha value is -3.06. The summed E-state index contributed by atoms with van der Waals surface area (Å²) in [6.45, 7) is 2.57. The zero-order chi connectivity index (χ0) is 21.2. The van der Waals surface area contributed by atoms with Gasteiger partial charge in [-0.15, -0.1) is 0 Å². The zero-order valence-corrected chi connectivity index (χ0v) is 17.6. The molecule has 0 saturated carbocycles. The largest absolute Gasteiger partial charge is 0.493 e. The van der Waals surface area contributed by atoms with Crippen molar-refractivity contribution in [1.82, 2.24) is 10.6 Å². The number of para-hydroxylation sites is 1. The molecule has 1 amide bonds. The lowest BCUT2D eigenvalue weighted by Gasteiger charge is -2.26. The molecule has 2 aromatic rings. The van der Waals surface area contributed by atoms with E-state index >= 15 is 0 Å². The van der Waals surface area contributed by atoms with Crippen molar-refractivity contribution in [3.8, 4) is 5.75 Å². The van der Waals surface area contributed by atoms with Gasteiger partial charge in [-0.1, -0.05) is 30.3 Å². The third kappa shape index (κ3) is 6.22. The Labute approximate surface area is 177 Å². The number of fused-ring (bicyclic) bond motifs is 1. The normalized spacial score (nSPS) is 15.9. The van der Waals surface area contributed by atoms with Gasteiger partial charge >= 0.3 is 0 Å². The van der Waals surface area contributed by atoms with Gasteiger partial charge in [-0.2, -0.15) is 0 Å². The van der Waals surface area contributed by atoms with E-state index in [0.717, 1.165) is 29.0 Å². The second kappa shape index (κ2) is 11.2. The van der Waals surface area contributed by atoms with Crippen molar-refractivity contribution < 1.29 is 14.3 Å². The molecule has 1 atom stereocenters. The van der Waals surface area contributed by atoms with Crippen LogP contribution in [0.1, 0.15) is 29.9 Å². The summed E-state index contributed by atoms with van der Waals surface area (Å²) in [6.07, 6.45) is 1.32. The summed E-state index contributed by atoms with van der Waals surface area (Å²) >= 11 is 0. The minimum atomic E-state index is 0.0470. The Morgan fingerprint density at radius 2 is 2.03 bits per heavy atom. The molecule has 1 unspecified atom stereocenters. The van der Waals surface area contributed by atoms with Gasteiger partial charge in [0.2, 0.25) is 5.91 Å². The number of nitrogens with zero attached hydrogens (tertiary/aromatic N) is 1. The fraction of sp³-hybridized carbons (Fsp3) is 0.391. The molecule has 0 aliphatic carbocycles. The van der Waals surface area contributed by atoms with Gasteiger partial charge in [-0.05, 0) is 29.3 Å². The number of benzene rings is 2. The maximum Gasteiger partial charge on any atom is 0.225 e. The summed E-state index contributed by atoms with van der Waals surface area (Å²) in [5.74, 6) is 1.70. The molecule has 0 fully saturated rings. The number of aliphatic imine (C=N–C) groups is 1. The van der Waals surface area contributed by atoms with Crippen molar-refractivity contribution in [2.75, 3.05) is 39.2 Å². The van der Waals surface area contributed by atoms with E-state index in [9.17, 15) is 4.79 Å². The quantitative estimate of drug-likeness (QED) is 0.336. The first kappa shape index (κ1) is 21.6. The lowest BCUT2D eigenvalue weighted by atomic mass is 9.90. The number of guanidine groups is 1. The van der Waals surface area contributed by atoms with Gasteiger partial charge in [0.25, 0.3) is 0 Å². The molecule has 0 spiro atoms. The van der Waals surface area contributed by atoms with E-state index in [4.69, 9.17) is 9.47 Å². The van der Waals surface area contributed by atoms with Gasteiger partial charge in [0.15, 0.2) is 5.96 Å². The third-order valence-corrected chi connectivity index (χ3v) is 4.97. The van der Waals surface area contributed by atoms with Crippen LogP contribution in [0, 0.1) is 0 Å². The second-order valence-corrected chi connectivity index (χ2v) is 7.19. The number of nitrogens with one attached hydrogen (secondary N) is 3. The van der Waals surface area contributed by atoms with Crippen LogP contribution in [0.15, 0.2) is 53.5 Å². The molecular weight excluding hydrogens is 380 g/mol. The minimum Gasteiger partial charge on any atom is -0.493 e. The molecule has 0 saturated heterocycles. The second-order valence-electron chi connectivity index (χ2n) is 7.19. The van der Waals surface area contributed by atoms with Crippen LogP contribution in [0.2, 0.25) is 0 Å². The number of methoxy groups -OCH3 is 1. The highest BCUT2D eigenvalue weighted by molar-refractivity contribution is 5.94. The smallest absolute Gasteiger partial charge is 0.225 e. The highest BCUT2D eigenvalue weighted by atomic mass is 16.5. The van der Waals surface area contributed by atoms with Crippen LogP contribution in [0.3, 0.4) is 0 Å². The lowest BCUT2D eigenvalue weighted by Crippen LogP contribution is -2.40. The molecule has 1 aliphatic heterocycles. The first-order valence-corrected chi connectivity index (χ1v) is 10.2. The topological polar surface area (TPSA) is 84.0 Å². The first-order valence-electron chi connectivity index (χ1n) is 10.2. The fourth-order valence-electron chi connectivity index (χ4n) is 3.45. The molecule has 1 heterocycles. The molecule has 3 N–H and O–H groups in total. The van der Waals surface area contributed by atoms with E-state index in [1.54, 1.807) is 14.2 Å². The van der Waals surface area contributed by atoms with Crippen molar-refractivity contribution in [2.24, 2.45) is 4.99 Å². The standard InChI is InChI=1S/C23H30N4O3/c1-24-23(25-15-17-7-5-8-19(13-17)30-12-6-11-29-2)26-16-18-14-22(28)27-21-10-4-3-9-20(18)21/h3-5,7-10,13,18H,6,11-12,14-16H2,1-2H3,(H,27,28)(H2,24,25,26). The van der Waals surface area contributed by atoms with Crippen molar-refractivity contribution in [1.29, 1.82) is 0 Å². The summed E-state index contributed by atoms with van der Waals surface area (Å²) in [7, 11) is 3.43. The van der Waals surface area contributed by atoms with Crippen molar-refractivity contribution in [3.63, 3.8) is 0 Å². The van der Waals surface area contributed by atoms with Crippen molar-refractivity contribution >= 4 is 17.6 Å². The summed E-state index contributed by atoms with van der Waals surface area (Å²) < 4.78 is 10.8. The van der Waals surface area contributed by atoms with Crippen LogP contribution in [-0.2, 0) is 16.1 Å². The summed E-state index contributed by atoms with van der Waals surface area (Å²) in [5, 5.41) is 9.61. The van der Waals surface area contributed by atoms with Crippen LogP contribution in [0.25, 0.3) is 0 Å². The zero-order valence-electron chi connectivity index (χ0n) is 17.6. The van der Waals surface area contributed by atoms with Gasteiger partial charge in [0.05, 0.1) is 6.61 Å². The average Bonchev–Trinajstić information content (AvgIpc) is 2.77. The average molecular weight is 411 g/mol. The molecule has 30 heavy (non-hydrogen) atoms. The SMILES string of the molecule is CN=C(NCc1cccc(OCCCOC)c1)NCC1CC(=O)Nc2ccccc21. The van der Waals surface area contributed by atoms with Crippen molar-refractivity contribution in [3.05, 3.63) is 59.7 Å². The molecule has 7 heteroatoms. The monoisotopic (exact) mass is 410 g/mol. The molecule has 0 radical (unpaired) electrons. The Balaban J connectivity index is 1.50. The maximum absolute atomic E-state index is 12.0. The van der Waals surface area contributed by atoms with E-state index < -0.39 is 0 Å². The molecule has 2 aromatic carbocycles. The Bertz CT molecular complexity index is 869. The van der Waals surface area contributed by atoms with E-state index in [1.165, 1.54) is 0 Å². The van der Waals surface area contributed by atoms with Crippen LogP contribution >= 0.6 is 0 Å². The highest BCUT2D eigenvalue weighted by Crippen LogP contribution is 2.31. The number of anilines is 1. The van der Waals surface area contributed by atoms with Gasteiger partial charge in [-0.3, -0.25) is 9.79 Å². The number of hydrogen-bond donors (Lipinski definition) is 3. The van der Waals surface area contributed by atoms with Gasteiger partial charge in [0, 0.05) is 58.3 Å². The van der Waals surface area contributed by atoms with Gasteiger partial charge < -0.3 is 25.4 Å². The summed E-state index contributed by atoms with van der Waals surface area (Å²) in [4.78, 5) is 16.3. The van der Waals surface area contributed by atoms with Crippen LogP contribution in [0.5, 0.6) is 5.75 Å². The highest BCUT2D eigenvalue weighted by Gasteiger charge is 2.24. The third-order valence-electron chi connectivity index (χ3n) is 4.97. The van der Waals surface area contributed by atoms with Gasteiger partial charge in [-0.25, -0.2) is 0 Å². The maximum atomic E-state index is 12.0. The van der Waals surface area contributed by atoms with E-state index in [-0.39, 0.29) is 11.8 Å². The lowest BCUT2D eigenvalue weighted by molar-refractivity contribution is -0.116. The number of carbonyl (C=O) groups excluding carboxylic acids is 1. The van der Waals surface area contributed by atoms with E-state index in [1.807, 2.05) is 42.5 Å². The van der Waals surface area contributed by atoms with Gasteiger partial charge in [0.1, 0.15) is 5.75 Å². The van der Waals surface area contributed by atoms with E-state index in [2.05, 4.69) is 27.0 Å². The molecule has 1 aliphatic rings. The Morgan fingerprint density at radius 3 is 2.87 bits per heavy atom. The molecule has 0 bridgehead atoms. The minimum absolute atomic E-state index is 0.0470. The first-order chi connectivity index (χ1) is 14.7. The molecule has 7 nitrogen and oxygen atoms in total. The van der Waals surface area contributed by atoms with Crippen LogP contribution < -0.4 is 20.7 Å². The van der Waals surface area contributed by atoms with Crippen molar-refractivity contribution in [2.45, 2.75) is 25.3 Å². The summed E-state index contributed by atoms with van der Waals surface area (Å²) in [5.41, 5.74) is 3.15. The van der Waals surface area contributed by atoms with Crippen LogP contribution in [0.4, 0.5) is 5.69 Å². The summed E-state index contributed by atoms with van der Waals surface area (Å²) in [6, 6.07) is 15.9. The Kier molecular flexibility index (Phi) is 8.09. The Morgan fingerprint density at radius 1 is 1.17 bits per heavy atom. The number of ether oxygens (including phenoxy) is 2. The van der Waals surface area contributed by atoms with E-state index in [0.29, 0.717) is 38.7 Å². The number of rotatable bonds is 9. The predicted octanol–water partition coefficient (Wildman–Crippen LogP) is 2.89. The predicted molar refractivity (Wildman–Crippen MR) is 119 cm³/mol. The molecule has 160 valence electrons. The fourth-order valence-corrected chi connectivity index (χ4v) is 3.45.